The SMILES string of the molecule is CC(C)CCCCCCC(=O)N1CCNCC1. The van der Waals surface area contributed by atoms with E-state index in [9.17, 15) is 4.79 Å². The molecule has 0 saturated carbocycles. The maximum absolute atomic E-state index is 11.8. The third kappa shape index (κ3) is 6.67. The first kappa shape index (κ1) is 14.5. The molecule has 0 aromatic rings. The molecule has 1 rings (SSSR count). The van der Waals surface area contributed by atoms with Crippen LogP contribution in [0, 0.1) is 5.92 Å². The molecule has 1 saturated heterocycles. The Labute approximate surface area is 106 Å². The van der Waals surface area contributed by atoms with E-state index >= 15 is 0 Å². The second-order valence-electron chi connectivity index (χ2n) is 5.48. The normalized spacial score (nSPS) is 16.5. The summed E-state index contributed by atoms with van der Waals surface area (Å²) in [7, 11) is 0. The number of nitrogens with one attached hydrogen (secondary N) is 1. The van der Waals surface area contributed by atoms with Crippen molar-refractivity contribution in [3.8, 4) is 0 Å². The van der Waals surface area contributed by atoms with Crippen molar-refractivity contribution < 1.29 is 4.79 Å². The van der Waals surface area contributed by atoms with Crippen LogP contribution in [-0.2, 0) is 4.79 Å². The van der Waals surface area contributed by atoms with Gasteiger partial charge in [0.05, 0.1) is 0 Å². The summed E-state index contributed by atoms with van der Waals surface area (Å²) < 4.78 is 0. The van der Waals surface area contributed by atoms with Crippen LogP contribution in [0.5, 0.6) is 0 Å². The second kappa shape index (κ2) is 8.51. The van der Waals surface area contributed by atoms with E-state index in [4.69, 9.17) is 0 Å². The van der Waals surface area contributed by atoms with Gasteiger partial charge in [-0.05, 0) is 12.3 Å². The van der Waals surface area contributed by atoms with Gasteiger partial charge in [0.25, 0.3) is 0 Å². The number of hydrogen-bond donors (Lipinski definition) is 1. The summed E-state index contributed by atoms with van der Waals surface area (Å²) in [6.07, 6.45) is 6.96. The zero-order valence-electron chi connectivity index (χ0n) is 11.5. The van der Waals surface area contributed by atoms with Crippen LogP contribution >= 0.6 is 0 Å². The Kier molecular flexibility index (Phi) is 7.25. The molecule has 1 aliphatic heterocycles. The number of amides is 1. The Morgan fingerprint density at radius 1 is 1.12 bits per heavy atom. The molecule has 0 aliphatic carbocycles. The molecule has 1 N–H and O–H groups in total. The highest BCUT2D eigenvalue weighted by Gasteiger charge is 2.14. The van der Waals surface area contributed by atoms with Gasteiger partial charge >= 0.3 is 0 Å². The van der Waals surface area contributed by atoms with E-state index < -0.39 is 0 Å². The van der Waals surface area contributed by atoms with Crippen LogP contribution in [-0.4, -0.2) is 37.0 Å². The summed E-state index contributed by atoms with van der Waals surface area (Å²) >= 11 is 0. The zero-order chi connectivity index (χ0) is 12.5. The number of carbonyl (C=O) groups excluding carboxylic acids is 1. The molecule has 3 nitrogen and oxygen atoms in total. The fourth-order valence-electron chi connectivity index (χ4n) is 2.25. The lowest BCUT2D eigenvalue weighted by Gasteiger charge is -2.27. The third-order valence-electron chi connectivity index (χ3n) is 3.39. The summed E-state index contributed by atoms with van der Waals surface area (Å²) in [6, 6.07) is 0. The molecule has 100 valence electrons. The highest BCUT2D eigenvalue weighted by Crippen LogP contribution is 2.11. The molecule has 0 radical (unpaired) electrons. The number of carbonyl (C=O) groups is 1. The van der Waals surface area contributed by atoms with Gasteiger partial charge in [-0.1, -0.05) is 39.5 Å². The van der Waals surface area contributed by atoms with Crippen molar-refractivity contribution >= 4 is 5.91 Å². The van der Waals surface area contributed by atoms with Crippen LogP contribution in [0.1, 0.15) is 52.4 Å². The van der Waals surface area contributed by atoms with Gasteiger partial charge in [-0.15, -0.1) is 0 Å². The van der Waals surface area contributed by atoms with Crippen molar-refractivity contribution in [3.63, 3.8) is 0 Å². The predicted molar refractivity (Wildman–Crippen MR) is 72.0 cm³/mol. The van der Waals surface area contributed by atoms with Crippen molar-refractivity contribution in [1.29, 1.82) is 0 Å². The van der Waals surface area contributed by atoms with Crippen LogP contribution in [0.4, 0.5) is 0 Å². The number of piperazine rings is 1. The van der Waals surface area contributed by atoms with E-state index in [2.05, 4.69) is 19.2 Å². The van der Waals surface area contributed by atoms with Gasteiger partial charge in [-0.2, -0.15) is 0 Å². The first-order valence-corrected chi connectivity index (χ1v) is 7.18. The molecule has 0 bridgehead atoms. The molecule has 1 heterocycles. The van der Waals surface area contributed by atoms with Crippen LogP contribution in [0.25, 0.3) is 0 Å². The summed E-state index contributed by atoms with van der Waals surface area (Å²) in [4.78, 5) is 13.8. The minimum absolute atomic E-state index is 0.357. The monoisotopic (exact) mass is 240 g/mol. The van der Waals surface area contributed by atoms with E-state index in [-0.39, 0.29) is 0 Å². The van der Waals surface area contributed by atoms with Crippen molar-refractivity contribution in [1.82, 2.24) is 10.2 Å². The highest BCUT2D eigenvalue weighted by molar-refractivity contribution is 5.76. The minimum atomic E-state index is 0.357. The molecule has 0 aromatic heterocycles. The van der Waals surface area contributed by atoms with Crippen LogP contribution in [0.15, 0.2) is 0 Å². The van der Waals surface area contributed by atoms with Crippen LogP contribution in [0.3, 0.4) is 0 Å². The smallest absolute Gasteiger partial charge is 0.222 e. The van der Waals surface area contributed by atoms with Gasteiger partial charge in [-0.3, -0.25) is 4.79 Å². The fourth-order valence-corrected chi connectivity index (χ4v) is 2.25. The lowest BCUT2D eigenvalue weighted by atomic mass is 10.0. The molecular formula is C14H28N2O. The van der Waals surface area contributed by atoms with E-state index in [0.717, 1.165) is 44.9 Å². The minimum Gasteiger partial charge on any atom is -0.340 e. The summed E-state index contributed by atoms with van der Waals surface area (Å²) in [5.41, 5.74) is 0. The Balaban J connectivity index is 1.96. The van der Waals surface area contributed by atoms with Gasteiger partial charge in [-0.25, -0.2) is 0 Å². The van der Waals surface area contributed by atoms with Crippen LogP contribution < -0.4 is 5.32 Å². The maximum Gasteiger partial charge on any atom is 0.222 e. The van der Waals surface area contributed by atoms with Gasteiger partial charge in [0.15, 0.2) is 0 Å². The van der Waals surface area contributed by atoms with Gasteiger partial charge in [0.2, 0.25) is 5.91 Å². The molecular weight excluding hydrogens is 212 g/mol. The summed E-state index contributed by atoms with van der Waals surface area (Å²) in [5, 5.41) is 3.27. The number of nitrogens with zero attached hydrogens (tertiary/aromatic N) is 1. The molecule has 1 aliphatic rings. The molecule has 0 spiro atoms. The van der Waals surface area contributed by atoms with E-state index in [1.807, 2.05) is 4.90 Å². The van der Waals surface area contributed by atoms with Crippen molar-refractivity contribution in [3.05, 3.63) is 0 Å². The van der Waals surface area contributed by atoms with Crippen molar-refractivity contribution in [2.24, 2.45) is 5.92 Å². The first-order chi connectivity index (χ1) is 8.20. The molecule has 3 heteroatoms. The van der Waals surface area contributed by atoms with E-state index in [1.165, 1.54) is 25.7 Å². The zero-order valence-corrected chi connectivity index (χ0v) is 11.5. The van der Waals surface area contributed by atoms with Gasteiger partial charge < -0.3 is 10.2 Å². The van der Waals surface area contributed by atoms with Gasteiger partial charge in [0, 0.05) is 32.6 Å². The third-order valence-corrected chi connectivity index (χ3v) is 3.39. The summed E-state index contributed by atoms with van der Waals surface area (Å²) in [5.74, 6) is 1.17. The standard InChI is InChI=1S/C14H28N2O/c1-13(2)7-5-3-4-6-8-14(17)16-11-9-15-10-12-16/h13,15H,3-12H2,1-2H3. The Morgan fingerprint density at radius 2 is 1.76 bits per heavy atom. The Bertz CT molecular complexity index is 210. The second-order valence-corrected chi connectivity index (χ2v) is 5.48. The first-order valence-electron chi connectivity index (χ1n) is 7.18. The topological polar surface area (TPSA) is 32.3 Å². The van der Waals surface area contributed by atoms with Crippen LogP contribution in [0.2, 0.25) is 0 Å². The molecule has 0 aromatic carbocycles. The average Bonchev–Trinajstić information content (AvgIpc) is 2.34. The fraction of sp³-hybridized carbons (Fsp3) is 0.929. The van der Waals surface area contributed by atoms with Gasteiger partial charge in [0.1, 0.15) is 0 Å². The number of unbranched alkanes of at least 4 members (excludes halogenated alkanes) is 3. The quantitative estimate of drug-likeness (QED) is 0.693. The number of rotatable bonds is 7. The van der Waals surface area contributed by atoms with E-state index in [0.29, 0.717) is 5.91 Å². The number of hydrogen-bond acceptors (Lipinski definition) is 2. The largest absolute Gasteiger partial charge is 0.340 e. The van der Waals surface area contributed by atoms with Crippen molar-refractivity contribution in [2.45, 2.75) is 52.4 Å². The van der Waals surface area contributed by atoms with E-state index in [1.54, 1.807) is 0 Å². The lowest BCUT2D eigenvalue weighted by Crippen LogP contribution is -2.46. The molecule has 1 amide bonds. The summed E-state index contributed by atoms with van der Waals surface area (Å²) in [6.45, 7) is 8.25. The molecule has 0 atom stereocenters. The molecule has 17 heavy (non-hydrogen) atoms. The predicted octanol–water partition coefficient (Wildman–Crippen LogP) is 2.41. The Morgan fingerprint density at radius 3 is 2.41 bits per heavy atom. The average molecular weight is 240 g/mol. The lowest BCUT2D eigenvalue weighted by molar-refractivity contribution is -0.131. The Hall–Kier alpha value is -0.570. The molecule has 1 fully saturated rings. The van der Waals surface area contributed by atoms with Crippen molar-refractivity contribution in [2.75, 3.05) is 26.2 Å². The highest BCUT2D eigenvalue weighted by atomic mass is 16.2. The molecule has 0 unspecified atom stereocenters. The maximum atomic E-state index is 11.8.